The quantitative estimate of drug-likeness (QED) is 0.560. The first kappa shape index (κ1) is 20.5. The summed E-state index contributed by atoms with van der Waals surface area (Å²) in [6.45, 7) is 7.58. The molecule has 0 radical (unpaired) electrons. The van der Waals surface area contributed by atoms with Crippen molar-refractivity contribution in [3.05, 3.63) is 64.7 Å². The Kier molecular flexibility index (Phi) is 6.47. The minimum atomic E-state index is -0.0383. The lowest BCUT2D eigenvalue weighted by molar-refractivity contribution is -0.132. The second kappa shape index (κ2) is 8.84. The van der Waals surface area contributed by atoms with Gasteiger partial charge in [0.1, 0.15) is 5.01 Å². The van der Waals surface area contributed by atoms with E-state index in [0.29, 0.717) is 12.5 Å². The standard InChI is InChI=1S/C23H29N3OS/c1-16(2)19-12-10-18(11-13-19)14-25(4)15-22(27)26(5)17(3)23-24-20-8-6-7-9-21(20)28-23/h6-13,16-17H,14-15H2,1-5H3/t17-/m0/s1. The van der Waals surface area contributed by atoms with Crippen molar-refractivity contribution in [2.45, 2.75) is 39.3 Å². The minimum Gasteiger partial charge on any atom is -0.335 e. The summed E-state index contributed by atoms with van der Waals surface area (Å²) in [6, 6.07) is 16.7. The predicted octanol–water partition coefficient (Wildman–Crippen LogP) is 5.07. The summed E-state index contributed by atoms with van der Waals surface area (Å²) in [5, 5.41) is 0.976. The van der Waals surface area contributed by atoms with Gasteiger partial charge in [-0.15, -0.1) is 11.3 Å². The molecule has 1 atom stereocenters. The SMILES string of the molecule is CC(C)c1ccc(CN(C)CC(=O)N(C)[C@@H](C)c2nc3ccccc3s2)cc1. The normalized spacial score (nSPS) is 12.7. The van der Waals surface area contributed by atoms with Crippen LogP contribution in [0.4, 0.5) is 0 Å². The number of nitrogens with zero attached hydrogens (tertiary/aromatic N) is 3. The molecule has 148 valence electrons. The molecule has 0 aliphatic heterocycles. The van der Waals surface area contributed by atoms with Crippen molar-refractivity contribution in [1.29, 1.82) is 0 Å². The number of amides is 1. The smallest absolute Gasteiger partial charge is 0.237 e. The number of aromatic nitrogens is 1. The topological polar surface area (TPSA) is 36.4 Å². The molecule has 0 bridgehead atoms. The Labute approximate surface area is 171 Å². The zero-order valence-electron chi connectivity index (χ0n) is 17.3. The molecule has 4 nitrogen and oxygen atoms in total. The molecule has 0 fully saturated rings. The maximum Gasteiger partial charge on any atom is 0.237 e. The van der Waals surface area contributed by atoms with E-state index in [1.807, 2.05) is 39.2 Å². The maximum atomic E-state index is 12.8. The van der Waals surface area contributed by atoms with Crippen LogP contribution in [0.5, 0.6) is 0 Å². The number of fused-ring (bicyclic) bond motifs is 1. The molecule has 0 aliphatic rings. The van der Waals surface area contributed by atoms with Crippen LogP contribution < -0.4 is 0 Å². The van der Waals surface area contributed by atoms with E-state index in [9.17, 15) is 4.79 Å². The number of thiazole rings is 1. The van der Waals surface area contributed by atoms with Gasteiger partial charge in [0.15, 0.2) is 0 Å². The number of hydrogen-bond acceptors (Lipinski definition) is 4. The van der Waals surface area contributed by atoms with E-state index in [1.165, 1.54) is 11.1 Å². The fourth-order valence-corrected chi connectivity index (χ4v) is 4.23. The fourth-order valence-electron chi connectivity index (χ4n) is 3.17. The summed E-state index contributed by atoms with van der Waals surface area (Å²) in [4.78, 5) is 21.3. The van der Waals surface area contributed by atoms with Crippen LogP contribution in [0, 0.1) is 0 Å². The highest BCUT2D eigenvalue weighted by atomic mass is 32.1. The van der Waals surface area contributed by atoms with Crippen LogP contribution in [0.15, 0.2) is 48.5 Å². The van der Waals surface area contributed by atoms with Crippen LogP contribution in [0.3, 0.4) is 0 Å². The summed E-state index contributed by atoms with van der Waals surface area (Å²) in [7, 11) is 3.86. The third-order valence-electron chi connectivity index (χ3n) is 5.15. The first-order valence-corrected chi connectivity index (χ1v) is 10.5. The highest BCUT2D eigenvalue weighted by Gasteiger charge is 2.21. The monoisotopic (exact) mass is 395 g/mol. The van der Waals surface area contributed by atoms with E-state index in [0.717, 1.165) is 21.8 Å². The van der Waals surface area contributed by atoms with Crippen molar-refractivity contribution < 1.29 is 4.79 Å². The number of likely N-dealkylation sites (N-methyl/N-ethyl adjacent to an activating group) is 2. The molecule has 3 aromatic rings. The summed E-state index contributed by atoms with van der Waals surface area (Å²) < 4.78 is 1.16. The van der Waals surface area contributed by atoms with Gasteiger partial charge in [0.05, 0.1) is 22.8 Å². The minimum absolute atomic E-state index is 0.0383. The number of hydrogen-bond donors (Lipinski definition) is 0. The molecule has 2 aromatic carbocycles. The zero-order valence-corrected chi connectivity index (χ0v) is 18.2. The molecule has 3 rings (SSSR count). The van der Waals surface area contributed by atoms with Gasteiger partial charge < -0.3 is 4.90 Å². The van der Waals surface area contributed by atoms with Gasteiger partial charge in [-0.25, -0.2) is 4.98 Å². The van der Waals surface area contributed by atoms with Crippen molar-refractivity contribution in [1.82, 2.24) is 14.8 Å². The van der Waals surface area contributed by atoms with Crippen LogP contribution >= 0.6 is 11.3 Å². The third-order valence-corrected chi connectivity index (χ3v) is 6.35. The van der Waals surface area contributed by atoms with Crippen molar-refractivity contribution in [3.63, 3.8) is 0 Å². The Morgan fingerprint density at radius 1 is 1.04 bits per heavy atom. The van der Waals surface area contributed by atoms with E-state index in [4.69, 9.17) is 4.98 Å². The fraction of sp³-hybridized carbons (Fsp3) is 0.391. The molecule has 0 saturated carbocycles. The van der Waals surface area contributed by atoms with E-state index >= 15 is 0 Å². The van der Waals surface area contributed by atoms with Crippen LogP contribution in [0.2, 0.25) is 0 Å². The number of benzene rings is 2. The van der Waals surface area contributed by atoms with Gasteiger partial charge >= 0.3 is 0 Å². The van der Waals surface area contributed by atoms with Crippen LogP contribution in [0.25, 0.3) is 10.2 Å². The van der Waals surface area contributed by atoms with E-state index in [1.54, 1.807) is 16.2 Å². The molecule has 28 heavy (non-hydrogen) atoms. The highest BCUT2D eigenvalue weighted by molar-refractivity contribution is 7.18. The molecule has 0 N–H and O–H groups in total. The molecule has 1 heterocycles. The van der Waals surface area contributed by atoms with Gasteiger partial charge in [0.2, 0.25) is 5.91 Å². The van der Waals surface area contributed by atoms with Crippen LogP contribution in [-0.2, 0) is 11.3 Å². The Balaban J connectivity index is 1.59. The molecular weight excluding hydrogens is 366 g/mol. The molecule has 0 unspecified atom stereocenters. The maximum absolute atomic E-state index is 12.8. The van der Waals surface area contributed by atoms with E-state index < -0.39 is 0 Å². The predicted molar refractivity (Wildman–Crippen MR) is 118 cm³/mol. The molecular formula is C23H29N3OS. The Morgan fingerprint density at radius 2 is 1.71 bits per heavy atom. The molecule has 5 heteroatoms. The molecule has 1 aromatic heterocycles. The van der Waals surface area contributed by atoms with E-state index in [-0.39, 0.29) is 11.9 Å². The Morgan fingerprint density at radius 3 is 2.36 bits per heavy atom. The Hall–Kier alpha value is -2.24. The van der Waals surface area contributed by atoms with Gasteiger partial charge in [0, 0.05) is 13.6 Å². The number of para-hydroxylation sites is 1. The third kappa shape index (κ3) is 4.78. The van der Waals surface area contributed by atoms with Crippen LogP contribution in [-0.4, -0.2) is 41.3 Å². The summed E-state index contributed by atoms with van der Waals surface area (Å²) in [5.41, 5.74) is 3.56. The van der Waals surface area contributed by atoms with Crippen molar-refractivity contribution >= 4 is 27.5 Å². The van der Waals surface area contributed by atoms with Crippen LogP contribution in [0.1, 0.15) is 48.9 Å². The molecule has 0 spiro atoms. The second-order valence-corrected chi connectivity index (χ2v) is 8.83. The average molecular weight is 396 g/mol. The number of carbonyl (C=O) groups is 1. The zero-order chi connectivity index (χ0) is 20.3. The van der Waals surface area contributed by atoms with Gasteiger partial charge in [-0.3, -0.25) is 9.69 Å². The van der Waals surface area contributed by atoms with Gasteiger partial charge in [0.25, 0.3) is 0 Å². The first-order valence-electron chi connectivity index (χ1n) is 9.73. The molecule has 1 amide bonds. The summed E-state index contributed by atoms with van der Waals surface area (Å²) >= 11 is 1.66. The summed E-state index contributed by atoms with van der Waals surface area (Å²) in [6.07, 6.45) is 0. The van der Waals surface area contributed by atoms with Gasteiger partial charge in [-0.1, -0.05) is 50.2 Å². The lowest BCUT2D eigenvalue weighted by Gasteiger charge is -2.26. The summed E-state index contributed by atoms with van der Waals surface area (Å²) in [5.74, 6) is 0.638. The first-order chi connectivity index (χ1) is 13.3. The van der Waals surface area contributed by atoms with Crippen molar-refractivity contribution in [2.75, 3.05) is 20.6 Å². The van der Waals surface area contributed by atoms with E-state index in [2.05, 4.69) is 49.1 Å². The van der Waals surface area contributed by atoms with Gasteiger partial charge in [-0.05, 0) is 43.1 Å². The highest BCUT2D eigenvalue weighted by Crippen LogP contribution is 2.28. The van der Waals surface area contributed by atoms with Crippen molar-refractivity contribution in [2.24, 2.45) is 0 Å². The Bertz CT molecular complexity index is 899. The average Bonchev–Trinajstić information content (AvgIpc) is 3.11. The van der Waals surface area contributed by atoms with Crippen molar-refractivity contribution in [3.8, 4) is 0 Å². The largest absolute Gasteiger partial charge is 0.335 e. The number of rotatable bonds is 7. The molecule has 0 saturated heterocycles. The second-order valence-electron chi connectivity index (χ2n) is 7.77. The molecule has 0 aliphatic carbocycles. The lowest BCUT2D eigenvalue weighted by atomic mass is 10.0. The lowest BCUT2D eigenvalue weighted by Crippen LogP contribution is -2.37. The number of carbonyl (C=O) groups excluding carboxylic acids is 1. The van der Waals surface area contributed by atoms with Gasteiger partial charge in [-0.2, -0.15) is 0 Å².